The second-order valence-electron chi connectivity index (χ2n) is 4.43. The van der Waals surface area contributed by atoms with E-state index in [2.05, 4.69) is 17.9 Å². The van der Waals surface area contributed by atoms with Crippen LogP contribution in [0.2, 0.25) is 0 Å². The predicted molar refractivity (Wildman–Crippen MR) is 78.2 cm³/mol. The van der Waals surface area contributed by atoms with Crippen molar-refractivity contribution in [3.05, 3.63) is 28.0 Å². The maximum atomic E-state index is 10.4. The molecule has 98 valence electrons. The minimum atomic E-state index is -0.898. The van der Waals surface area contributed by atoms with Crippen LogP contribution in [0.25, 0.3) is 6.08 Å². The molecule has 0 spiro atoms. The highest BCUT2D eigenvalue weighted by Crippen LogP contribution is 2.22. The summed E-state index contributed by atoms with van der Waals surface area (Å²) in [5, 5.41) is 11.3. The number of carboxylic acids is 1. The van der Waals surface area contributed by atoms with Gasteiger partial charge in [-0.15, -0.1) is 11.3 Å². The molecule has 1 fully saturated rings. The molecule has 1 saturated heterocycles. The van der Waals surface area contributed by atoms with Gasteiger partial charge in [-0.25, -0.2) is 4.79 Å². The Kier molecular flexibility index (Phi) is 4.86. The zero-order chi connectivity index (χ0) is 13.0. The summed E-state index contributed by atoms with van der Waals surface area (Å²) in [6.45, 7) is 5.54. The molecule has 1 unspecified atom stereocenters. The summed E-state index contributed by atoms with van der Waals surface area (Å²) < 4.78 is 0. The smallest absolute Gasteiger partial charge is 0.328 e. The van der Waals surface area contributed by atoms with Gasteiger partial charge in [0.1, 0.15) is 0 Å². The lowest BCUT2D eigenvalue weighted by Crippen LogP contribution is -2.35. The average Bonchev–Trinajstić information content (AvgIpc) is 2.74. The Hall–Kier alpha value is -0.780. The van der Waals surface area contributed by atoms with E-state index in [1.807, 2.05) is 17.1 Å². The average molecular weight is 283 g/mol. The summed E-state index contributed by atoms with van der Waals surface area (Å²) in [6.07, 6.45) is 2.84. The lowest BCUT2D eigenvalue weighted by Gasteiger charge is -2.29. The third kappa shape index (κ3) is 4.15. The molecular formula is C13H17NO2S2. The molecule has 0 amide bonds. The van der Waals surface area contributed by atoms with Crippen molar-refractivity contribution < 1.29 is 9.90 Å². The Labute approximate surface area is 115 Å². The van der Waals surface area contributed by atoms with Gasteiger partial charge in [0, 0.05) is 41.6 Å². The van der Waals surface area contributed by atoms with Gasteiger partial charge in [-0.1, -0.05) is 6.92 Å². The Bertz CT molecular complexity index is 442. The largest absolute Gasteiger partial charge is 0.478 e. The molecule has 1 aromatic rings. The first kappa shape index (κ1) is 13.6. The van der Waals surface area contributed by atoms with Crippen molar-refractivity contribution in [2.75, 3.05) is 18.8 Å². The molecule has 1 N–H and O–H groups in total. The lowest BCUT2D eigenvalue weighted by atomic mass is 10.2. The fraction of sp³-hybridized carbons (Fsp3) is 0.462. The van der Waals surface area contributed by atoms with Gasteiger partial charge >= 0.3 is 5.97 Å². The van der Waals surface area contributed by atoms with Crippen LogP contribution in [0, 0.1) is 0 Å². The summed E-state index contributed by atoms with van der Waals surface area (Å²) in [5.41, 5.74) is 0.983. The van der Waals surface area contributed by atoms with E-state index in [1.54, 1.807) is 17.4 Å². The molecule has 0 aliphatic carbocycles. The number of carbonyl (C=O) groups is 1. The fourth-order valence-electron chi connectivity index (χ4n) is 1.99. The lowest BCUT2D eigenvalue weighted by molar-refractivity contribution is -0.131. The van der Waals surface area contributed by atoms with Gasteiger partial charge in [0.05, 0.1) is 0 Å². The summed E-state index contributed by atoms with van der Waals surface area (Å²) in [7, 11) is 0. The van der Waals surface area contributed by atoms with Crippen molar-refractivity contribution >= 4 is 35.1 Å². The number of rotatable bonds is 4. The molecule has 0 bridgehead atoms. The number of thiophene rings is 1. The molecule has 2 heterocycles. The Morgan fingerprint density at radius 3 is 3.22 bits per heavy atom. The van der Waals surface area contributed by atoms with Crippen LogP contribution in [0.4, 0.5) is 0 Å². The Morgan fingerprint density at radius 1 is 1.67 bits per heavy atom. The number of hydrogen-bond donors (Lipinski definition) is 1. The van der Waals surface area contributed by atoms with Crippen LogP contribution >= 0.6 is 23.1 Å². The van der Waals surface area contributed by atoms with Gasteiger partial charge in [-0.2, -0.15) is 11.8 Å². The molecule has 1 aliphatic rings. The molecular weight excluding hydrogens is 266 g/mol. The van der Waals surface area contributed by atoms with Crippen LogP contribution in [0.3, 0.4) is 0 Å². The van der Waals surface area contributed by atoms with Crippen molar-refractivity contribution in [3.8, 4) is 0 Å². The quantitative estimate of drug-likeness (QED) is 0.863. The summed E-state index contributed by atoms with van der Waals surface area (Å²) in [4.78, 5) is 14.2. The van der Waals surface area contributed by atoms with Gasteiger partial charge in [-0.3, -0.25) is 4.90 Å². The standard InChI is InChI=1S/C13H17NO2S2/c1-10-7-14(4-5-17-10)8-12-6-11(9-18-12)2-3-13(15)16/h2-3,6,9-10H,4-5,7-8H2,1H3,(H,15,16)/b3-2+. The number of thioether (sulfide) groups is 1. The molecule has 1 aliphatic heterocycles. The van der Waals surface area contributed by atoms with Crippen molar-refractivity contribution in [1.29, 1.82) is 0 Å². The molecule has 0 saturated carbocycles. The topological polar surface area (TPSA) is 40.5 Å². The number of carboxylic acid groups (broad SMARTS) is 1. The molecule has 5 heteroatoms. The maximum Gasteiger partial charge on any atom is 0.328 e. The van der Waals surface area contributed by atoms with Crippen molar-refractivity contribution in [2.45, 2.75) is 18.7 Å². The second kappa shape index (κ2) is 6.41. The number of aliphatic carboxylic acids is 1. The van der Waals surface area contributed by atoms with Gasteiger partial charge in [0.15, 0.2) is 0 Å². The first-order valence-corrected chi connectivity index (χ1v) is 7.88. The van der Waals surface area contributed by atoms with Crippen LogP contribution in [-0.4, -0.2) is 40.1 Å². The maximum absolute atomic E-state index is 10.4. The second-order valence-corrected chi connectivity index (χ2v) is 6.98. The monoisotopic (exact) mass is 283 g/mol. The van der Waals surface area contributed by atoms with Gasteiger partial charge in [-0.05, 0) is 23.1 Å². The van der Waals surface area contributed by atoms with Gasteiger partial charge in [0.2, 0.25) is 0 Å². The van der Waals surface area contributed by atoms with E-state index in [1.165, 1.54) is 16.7 Å². The molecule has 1 atom stereocenters. The van der Waals surface area contributed by atoms with E-state index in [0.717, 1.165) is 25.2 Å². The minimum absolute atomic E-state index is 0.713. The van der Waals surface area contributed by atoms with Crippen LogP contribution in [0.15, 0.2) is 17.5 Å². The highest BCUT2D eigenvalue weighted by molar-refractivity contribution is 7.99. The Balaban J connectivity index is 1.91. The first-order valence-electron chi connectivity index (χ1n) is 5.96. The zero-order valence-corrected chi connectivity index (χ0v) is 12.0. The van der Waals surface area contributed by atoms with Gasteiger partial charge < -0.3 is 5.11 Å². The van der Waals surface area contributed by atoms with E-state index >= 15 is 0 Å². The van der Waals surface area contributed by atoms with Gasteiger partial charge in [0.25, 0.3) is 0 Å². The van der Waals surface area contributed by atoms with Crippen molar-refractivity contribution in [1.82, 2.24) is 4.90 Å². The van der Waals surface area contributed by atoms with E-state index < -0.39 is 5.97 Å². The third-order valence-electron chi connectivity index (χ3n) is 2.80. The number of hydrogen-bond acceptors (Lipinski definition) is 4. The predicted octanol–water partition coefficient (Wildman–Crippen LogP) is 2.78. The fourth-order valence-corrected chi connectivity index (χ4v) is 3.97. The summed E-state index contributed by atoms with van der Waals surface area (Å²) in [5.74, 6) is 0.308. The van der Waals surface area contributed by atoms with Crippen LogP contribution < -0.4 is 0 Å². The molecule has 18 heavy (non-hydrogen) atoms. The highest BCUT2D eigenvalue weighted by atomic mass is 32.2. The normalized spacial score (nSPS) is 21.5. The van der Waals surface area contributed by atoms with Crippen molar-refractivity contribution in [3.63, 3.8) is 0 Å². The zero-order valence-electron chi connectivity index (χ0n) is 10.3. The van der Waals surface area contributed by atoms with Crippen LogP contribution in [-0.2, 0) is 11.3 Å². The molecule has 3 nitrogen and oxygen atoms in total. The van der Waals surface area contributed by atoms with Crippen molar-refractivity contribution in [2.24, 2.45) is 0 Å². The van der Waals surface area contributed by atoms with Crippen LogP contribution in [0.5, 0.6) is 0 Å². The van der Waals surface area contributed by atoms with Crippen LogP contribution in [0.1, 0.15) is 17.4 Å². The number of nitrogens with zero attached hydrogens (tertiary/aromatic N) is 1. The third-order valence-corrected chi connectivity index (χ3v) is 4.87. The van der Waals surface area contributed by atoms with E-state index in [4.69, 9.17) is 5.11 Å². The molecule has 2 rings (SSSR count). The van der Waals surface area contributed by atoms with E-state index in [0.29, 0.717) is 5.25 Å². The molecule has 0 radical (unpaired) electrons. The van der Waals surface area contributed by atoms with E-state index in [9.17, 15) is 4.79 Å². The SMILES string of the molecule is CC1CN(Cc2cc(/C=C/C(=O)O)cs2)CCS1. The minimum Gasteiger partial charge on any atom is -0.478 e. The summed E-state index contributed by atoms with van der Waals surface area (Å²) in [6, 6.07) is 2.08. The van der Waals surface area contributed by atoms with E-state index in [-0.39, 0.29) is 0 Å². The molecule has 1 aromatic heterocycles. The highest BCUT2D eigenvalue weighted by Gasteiger charge is 2.16. The summed E-state index contributed by atoms with van der Waals surface area (Å²) >= 11 is 3.74. The molecule has 0 aromatic carbocycles. The first-order chi connectivity index (χ1) is 8.63. The Morgan fingerprint density at radius 2 is 2.50 bits per heavy atom.